The number of alkyl halides is 1. The molecular weight excluding hydrogens is 219 g/mol. The van der Waals surface area contributed by atoms with Crippen molar-refractivity contribution in [2.45, 2.75) is 51.2 Å². The molecule has 0 bridgehead atoms. The minimum absolute atomic E-state index is 0.0175. The maximum atomic E-state index is 13.4. The average Bonchev–Trinajstić information content (AvgIpc) is 2.59. The van der Waals surface area contributed by atoms with Crippen molar-refractivity contribution in [2.75, 3.05) is 6.61 Å². The molecule has 2 rings (SSSR count). The number of halogens is 1. The lowest BCUT2D eigenvalue weighted by Crippen LogP contribution is -2.33. The molecule has 0 amide bonds. The van der Waals surface area contributed by atoms with Crippen molar-refractivity contribution in [3.63, 3.8) is 0 Å². The molecule has 0 radical (unpaired) electrons. The first-order chi connectivity index (χ1) is 7.39. The molecule has 16 heavy (non-hydrogen) atoms. The van der Waals surface area contributed by atoms with E-state index in [-0.39, 0.29) is 6.61 Å². The third-order valence-corrected chi connectivity index (χ3v) is 2.54. The largest absolute Gasteiger partial charge is 0.463 e. The quantitative estimate of drug-likeness (QED) is 0.660. The fourth-order valence-corrected chi connectivity index (χ4v) is 1.96. The van der Waals surface area contributed by atoms with Crippen LogP contribution in [0.3, 0.4) is 0 Å². The molecule has 0 aliphatic carbocycles. The Morgan fingerprint density at radius 3 is 2.62 bits per heavy atom. The summed E-state index contributed by atoms with van der Waals surface area (Å²) in [5, 5.41) is 0. The molecule has 2 aliphatic heterocycles. The van der Waals surface area contributed by atoms with E-state index in [0.29, 0.717) is 0 Å². The summed E-state index contributed by atoms with van der Waals surface area (Å²) in [7, 11) is 0. The molecule has 0 N–H and O–H groups in total. The summed E-state index contributed by atoms with van der Waals surface area (Å²) in [6.07, 6.45) is -3.40. The number of rotatable bonds is 2. The zero-order valence-corrected chi connectivity index (χ0v) is 9.44. The number of esters is 1. The second kappa shape index (κ2) is 3.94. The summed E-state index contributed by atoms with van der Waals surface area (Å²) in [4.78, 5) is 10.7. The number of hydrogen-bond acceptors (Lipinski definition) is 5. The third kappa shape index (κ3) is 2.18. The molecule has 0 saturated carbocycles. The molecule has 0 spiro atoms. The highest BCUT2D eigenvalue weighted by molar-refractivity contribution is 5.65. The lowest BCUT2D eigenvalue weighted by Gasteiger charge is -2.21. The van der Waals surface area contributed by atoms with Gasteiger partial charge in [0.05, 0.1) is 0 Å². The zero-order chi connectivity index (χ0) is 11.9. The van der Waals surface area contributed by atoms with Gasteiger partial charge in [-0.15, -0.1) is 0 Å². The first-order valence-corrected chi connectivity index (χ1v) is 5.17. The fourth-order valence-electron chi connectivity index (χ4n) is 1.96. The van der Waals surface area contributed by atoms with Crippen molar-refractivity contribution in [1.29, 1.82) is 0 Å². The average molecular weight is 234 g/mol. The van der Waals surface area contributed by atoms with Gasteiger partial charge in [-0.05, 0) is 13.8 Å². The predicted octanol–water partition coefficient (Wildman–Crippen LogP) is 0.764. The summed E-state index contributed by atoms with van der Waals surface area (Å²) in [6, 6.07) is 0. The van der Waals surface area contributed by atoms with Gasteiger partial charge in [-0.3, -0.25) is 4.79 Å². The predicted molar refractivity (Wildman–Crippen MR) is 50.2 cm³/mol. The highest BCUT2D eigenvalue weighted by Gasteiger charge is 2.55. The van der Waals surface area contributed by atoms with Crippen molar-refractivity contribution < 1.29 is 28.1 Å². The molecule has 0 unspecified atom stereocenters. The normalized spacial score (nSPS) is 40.8. The fraction of sp³-hybridized carbons (Fsp3) is 0.900. The smallest absolute Gasteiger partial charge is 0.302 e. The van der Waals surface area contributed by atoms with Gasteiger partial charge in [-0.25, -0.2) is 4.39 Å². The standard InChI is InChI=1S/C10H15FO5/c1-5(12)13-4-6-7-8(9(11)14-6)16-10(2,3)15-7/h6-9H,4H2,1-3H3/t6-,7-,8-,9-/m1/s1. The van der Waals surface area contributed by atoms with E-state index in [4.69, 9.17) is 18.9 Å². The second-order valence-corrected chi connectivity index (χ2v) is 4.39. The van der Waals surface area contributed by atoms with Crippen LogP contribution in [0.2, 0.25) is 0 Å². The molecule has 0 aromatic rings. The Labute approximate surface area is 92.8 Å². The monoisotopic (exact) mass is 234 g/mol. The SMILES string of the molecule is CC(=O)OC[C@H]1O[C@@H](F)[C@@H]2OC(C)(C)O[C@@H]21. The Morgan fingerprint density at radius 1 is 1.38 bits per heavy atom. The molecule has 2 heterocycles. The lowest BCUT2D eigenvalue weighted by molar-refractivity contribution is -0.209. The minimum Gasteiger partial charge on any atom is -0.463 e. The summed E-state index contributed by atoms with van der Waals surface area (Å²) in [5.74, 6) is -1.25. The molecule has 0 aromatic heterocycles. The van der Waals surface area contributed by atoms with Gasteiger partial charge in [0, 0.05) is 6.92 Å². The van der Waals surface area contributed by atoms with Gasteiger partial charge in [0.15, 0.2) is 5.79 Å². The van der Waals surface area contributed by atoms with Crippen LogP contribution in [0.25, 0.3) is 0 Å². The maximum absolute atomic E-state index is 13.4. The van der Waals surface area contributed by atoms with Crippen LogP contribution in [0.4, 0.5) is 4.39 Å². The summed E-state index contributed by atoms with van der Waals surface area (Å²) >= 11 is 0. The summed E-state index contributed by atoms with van der Waals surface area (Å²) in [5.41, 5.74) is 0. The van der Waals surface area contributed by atoms with Gasteiger partial charge < -0.3 is 18.9 Å². The van der Waals surface area contributed by atoms with E-state index < -0.39 is 36.4 Å². The second-order valence-electron chi connectivity index (χ2n) is 4.39. The van der Waals surface area contributed by atoms with E-state index in [1.54, 1.807) is 13.8 Å². The van der Waals surface area contributed by atoms with Crippen molar-refractivity contribution in [3.8, 4) is 0 Å². The number of carbonyl (C=O) groups excluding carboxylic acids is 1. The van der Waals surface area contributed by atoms with Crippen LogP contribution < -0.4 is 0 Å². The molecule has 92 valence electrons. The zero-order valence-electron chi connectivity index (χ0n) is 9.44. The lowest BCUT2D eigenvalue weighted by atomic mass is 10.1. The first kappa shape index (κ1) is 11.8. The van der Waals surface area contributed by atoms with Crippen molar-refractivity contribution in [2.24, 2.45) is 0 Å². The van der Waals surface area contributed by atoms with Gasteiger partial charge in [0.2, 0.25) is 6.36 Å². The van der Waals surface area contributed by atoms with Gasteiger partial charge in [0.1, 0.15) is 24.9 Å². The Hall–Kier alpha value is -0.720. The highest BCUT2D eigenvalue weighted by Crippen LogP contribution is 2.39. The topological polar surface area (TPSA) is 54.0 Å². The maximum Gasteiger partial charge on any atom is 0.302 e. The van der Waals surface area contributed by atoms with Crippen LogP contribution in [-0.2, 0) is 23.7 Å². The number of carbonyl (C=O) groups is 1. The Kier molecular flexibility index (Phi) is 2.90. The number of hydrogen-bond donors (Lipinski definition) is 0. The Morgan fingerprint density at radius 2 is 2.00 bits per heavy atom. The van der Waals surface area contributed by atoms with E-state index in [1.807, 2.05) is 0 Å². The molecule has 2 aliphatic rings. The van der Waals surface area contributed by atoms with E-state index in [9.17, 15) is 9.18 Å². The van der Waals surface area contributed by atoms with Crippen LogP contribution in [-0.4, -0.2) is 43.0 Å². The van der Waals surface area contributed by atoms with E-state index in [2.05, 4.69) is 0 Å². The van der Waals surface area contributed by atoms with Crippen molar-refractivity contribution in [1.82, 2.24) is 0 Å². The molecule has 4 atom stereocenters. The van der Waals surface area contributed by atoms with Crippen molar-refractivity contribution in [3.05, 3.63) is 0 Å². The van der Waals surface area contributed by atoms with Crippen molar-refractivity contribution >= 4 is 5.97 Å². The molecule has 0 aromatic carbocycles. The number of fused-ring (bicyclic) bond motifs is 1. The Balaban J connectivity index is 1.99. The van der Waals surface area contributed by atoms with E-state index >= 15 is 0 Å². The van der Waals surface area contributed by atoms with Crippen LogP contribution in [0.1, 0.15) is 20.8 Å². The summed E-state index contributed by atoms with van der Waals surface area (Å²) in [6.45, 7) is 4.69. The molecular formula is C10H15FO5. The minimum atomic E-state index is -1.53. The summed E-state index contributed by atoms with van der Waals surface area (Å²) < 4.78 is 34.1. The van der Waals surface area contributed by atoms with E-state index in [1.165, 1.54) is 6.92 Å². The van der Waals surface area contributed by atoms with Crippen LogP contribution >= 0.6 is 0 Å². The van der Waals surface area contributed by atoms with Gasteiger partial charge in [-0.1, -0.05) is 0 Å². The van der Waals surface area contributed by atoms with Gasteiger partial charge in [0.25, 0.3) is 0 Å². The molecule has 2 saturated heterocycles. The van der Waals surface area contributed by atoms with Gasteiger partial charge in [-0.2, -0.15) is 0 Å². The molecule has 2 fully saturated rings. The number of ether oxygens (including phenoxy) is 4. The van der Waals surface area contributed by atoms with Crippen LogP contribution in [0.5, 0.6) is 0 Å². The van der Waals surface area contributed by atoms with Crippen LogP contribution in [0.15, 0.2) is 0 Å². The Bertz CT molecular complexity index is 293. The van der Waals surface area contributed by atoms with Crippen LogP contribution in [0, 0.1) is 0 Å². The van der Waals surface area contributed by atoms with E-state index in [0.717, 1.165) is 0 Å². The van der Waals surface area contributed by atoms with Gasteiger partial charge >= 0.3 is 5.97 Å². The first-order valence-electron chi connectivity index (χ1n) is 5.17. The molecule has 5 nitrogen and oxygen atoms in total. The molecule has 6 heteroatoms. The third-order valence-electron chi connectivity index (χ3n) is 2.54. The highest BCUT2D eigenvalue weighted by atomic mass is 19.1.